The van der Waals surface area contributed by atoms with E-state index in [1.807, 2.05) is 84.9 Å². The minimum absolute atomic E-state index is 0.259. The highest BCUT2D eigenvalue weighted by Gasteiger charge is 2.17. The van der Waals surface area contributed by atoms with Crippen molar-refractivity contribution in [1.82, 2.24) is 29.6 Å². The summed E-state index contributed by atoms with van der Waals surface area (Å²) in [4.78, 5) is 19.2. The van der Waals surface area contributed by atoms with Gasteiger partial charge in [-0.05, 0) is 48.3 Å². The molecule has 0 aliphatic rings. The molecule has 9 nitrogen and oxygen atoms in total. The topological polar surface area (TPSA) is 102 Å². The summed E-state index contributed by atoms with van der Waals surface area (Å²) in [6.45, 7) is 2.21. The Balaban J connectivity index is 1.21. The van der Waals surface area contributed by atoms with Crippen LogP contribution in [0.4, 0.5) is 11.5 Å². The van der Waals surface area contributed by atoms with Gasteiger partial charge in [-0.2, -0.15) is 19.5 Å². The summed E-state index contributed by atoms with van der Waals surface area (Å²) >= 11 is 6.44. The Bertz CT molecular complexity index is 1850. The lowest BCUT2D eigenvalue weighted by atomic mass is 10.0. The monoisotopic (exact) mass is 544 g/mol. The standard InChI is InChI=1S/C29H22BClN8O/c1-18-27(37-39(36-18)21-10-3-2-4-11-21)29(40)34-20-9-7-8-19(14-20)16-32-26-15-25(22-12-5-6-13-24(22)31)35-28-23(30)17-33-38(26)28/h2-15,17,32H,16H2,1H3,(H,34,40). The number of fused-ring (bicyclic) bond motifs is 1. The van der Waals surface area contributed by atoms with E-state index in [-0.39, 0.29) is 11.6 Å². The van der Waals surface area contributed by atoms with Gasteiger partial charge >= 0.3 is 0 Å². The third kappa shape index (κ3) is 5.04. The summed E-state index contributed by atoms with van der Waals surface area (Å²) in [6.07, 6.45) is 1.57. The van der Waals surface area contributed by atoms with Gasteiger partial charge in [-0.25, -0.2) is 4.98 Å². The number of nitrogens with zero attached hydrogens (tertiary/aromatic N) is 6. The van der Waals surface area contributed by atoms with Crippen LogP contribution in [0.3, 0.4) is 0 Å². The van der Waals surface area contributed by atoms with Crippen molar-refractivity contribution in [1.29, 1.82) is 0 Å². The quantitative estimate of drug-likeness (QED) is 0.285. The number of hydrogen-bond donors (Lipinski definition) is 2. The highest BCUT2D eigenvalue weighted by atomic mass is 35.5. The van der Waals surface area contributed by atoms with E-state index in [1.165, 1.54) is 4.80 Å². The molecule has 194 valence electrons. The van der Waals surface area contributed by atoms with Crippen LogP contribution in [-0.2, 0) is 6.54 Å². The van der Waals surface area contributed by atoms with E-state index >= 15 is 0 Å². The molecule has 0 bridgehead atoms. The summed E-state index contributed by atoms with van der Waals surface area (Å²) < 4.78 is 1.65. The van der Waals surface area contributed by atoms with Crippen LogP contribution < -0.4 is 16.1 Å². The van der Waals surface area contributed by atoms with Gasteiger partial charge in [-0.15, -0.1) is 5.10 Å². The minimum Gasteiger partial charge on any atom is -0.366 e. The predicted molar refractivity (Wildman–Crippen MR) is 157 cm³/mol. The third-order valence-electron chi connectivity index (χ3n) is 6.29. The van der Waals surface area contributed by atoms with E-state index in [9.17, 15) is 4.79 Å². The van der Waals surface area contributed by atoms with Crippen molar-refractivity contribution in [3.05, 3.63) is 113 Å². The number of para-hydroxylation sites is 1. The number of benzene rings is 3. The van der Waals surface area contributed by atoms with Crippen molar-refractivity contribution in [3.8, 4) is 16.9 Å². The van der Waals surface area contributed by atoms with Gasteiger partial charge in [0.15, 0.2) is 11.3 Å². The molecule has 0 saturated heterocycles. The Morgan fingerprint density at radius 3 is 2.60 bits per heavy atom. The van der Waals surface area contributed by atoms with E-state index in [4.69, 9.17) is 19.4 Å². The van der Waals surface area contributed by atoms with Crippen molar-refractivity contribution in [2.75, 3.05) is 10.6 Å². The molecule has 3 heterocycles. The summed E-state index contributed by atoms with van der Waals surface area (Å²) in [6, 6.07) is 26.4. The highest BCUT2D eigenvalue weighted by Crippen LogP contribution is 2.28. The zero-order valence-electron chi connectivity index (χ0n) is 21.4. The average molecular weight is 545 g/mol. The minimum atomic E-state index is -0.336. The maximum Gasteiger partial charge on any atom is 0.278 e. The second-order valence-corrected chi connectivity index (χ2v) is 9.52. The number of halogens is 1. The number of aromatic nitrogens is 6. The fraction of sp³-hybridized carbons (Fsp3) is 0.0690. The molecular formula is C29H22BClN8O. The van der Waals surface area contributed by atoms with E-state index in [1.54, 1.807) is 17.6 Å². The third-order valence-corrected chi connectivity index (χ3v) is 6.62. The van der Waals surface area contributed by atoms with E-state index < -0.39 is 0 Å². The van der Waals surface area contributed by atoms with Crippen LogP contribution in [0.5, 0.6) is 0 Å². The largest absolute Gasteiger partial charge is 0.366 e. The zero-order valence-corrected chi connectivity index (χ0v) is 22.2. The van der Waals surface area contributed by atoms with Crippen LogP contribution in [0.15, 0.2) is 91.1 Å². The van der Waals surface area contributed by atoms with Crippen LogP contribution in [-0.4, -0.2) is 43.3 Å². The number of rotatable bonds is 7. The molecule has 0 atom stereocenters. The SMILES string of the molecule is [B]c1cnn2c(NCc3cccc(NC(=O)c4nn(-c5ccccc5)nc4C)c3)cc(-c3ccccc3Cl)nc12. The Hall–Kier alpha value is -4.96. The first-order chi connectivity index (χ1) is 19.5. The van der Waals surface area contributed by atoms with Gasteiger partial charge in [-0.1, -0.05) is 60.1 Å². The molecule has 0 unspecified atom stereocenters. The van der Waals surface area contributed by atoms with Gasteiger partial charge in [0, 0.05) is 35.1 Å². The van der Waals surface area contributed by atoms with Gasteiger partial charge in [0.05, 0.1) is 17.1 Å². The first-order valence-electron chi connectivity index (χ1n) is 12.5. The lowest BCUT2D eigenvalue weighted by molar-refractivity contribution is 0.102. The number of amides is 1. The molecule has 40 heavy (non-hydrogen) atoms. The second kappa shape index (κ2) is 10.7. The lowest BCUT2D eigenvalue weighted by Crippen LogP contribution is -2.14. The molecule has 0 spiro atoms. The van der Waals surface area contributed by atoms with Crippen molar-refractivity contribution in [3.63, 3.8) is 0 Å². The van der Waals surface area contributed by atoms with Gasteiger partial charge in [-0.3, -0.25) is 4.79 Å². The maximum absolute atomic E-state index is 13.0. The van der Waals surface area contributed by atoms with E-state index in [0.29, 0.717) is 45.6 Å². The van der Waals surface area contributed by atoms with Crippen LogP contribution in [0.2, 0.25) is 5.02 Å². The molecule has 2 radical (unpaired) electrons. The van der Waals surface area contributed by atoms with Crippen molar-refractivity contribution >= 4 is 48.0 Å². The van der Waals surface area contributed by atoms with Crippen LogP contribution in [0, 0.1) is 6.92 Å². The number of aryl methyl sites for hydroxylation is 1. The fourth-order valence-electron chi connectivity index (χ4n) is 4.32. The fourth-order valence-corrected chi connectivity index (χ4v) is 4.55. The number of nitrogens with one attached hydrogen (secondary N) is 2. The Kier molecular flexibility index (Phi) is 6.75. The molecule has 6 aromatic rings. The molecular weight excluding hydrogens is 523 g/mol. The maximum atomic E-state index is 13.0. The molecule has 0 fully saturated rings. The summed E-state index contributed by atoms with van der Waals surface area (Å²) in [5.74, 6) is 0.358. The molecule has 2 N–H and O–H groups in total. The molecule has 11 heteroatoms. The highest BCUT2D eigenvalue weighted by molar-refractivity contribution is 6.36. The number of anilines is 2. The molecule has 0 aliphatic carbocycles. The summed E-state index contributed by atoms with van der Waals surface area (Å²) in [7, 11) is 6.14. The van der Waals surface area contributed by atoms with E-state index in [2.05, 4.69) is 30.9 Å². The summed E-state index contributed by atoms with van der Waals surface area (Å²) in [5, 5.41) is 20.1. The number of hydrogen-bond acceptors (Lipinski definition) is 6. The predicted octanol–water partition coefficient (Wildman–Crippen LogP) is 4.60. The summed E-state index contributed by atoms with van der Waals surface area (Å²) in [5.41, 5.74) is 5.60. The molecule has 1 amide bonds. The Morgan fingerprint density at radius 1 is 0.975 bits per heavy atom. The average Bonchev–Trinajstić information content (AvgIpc) is 3.55. The van der Waals surface area contributed by atoms with Crippen molar-refractivity contribution < 1.29 is 4.79 Å². The Labute approximate surface area is 236 Å². The zero-order chi connectivity index (χ0) is 27.6. The Morgan fingerprint density at radius 2 is 1.77 bits per heavy atom. The first kappa shape index (κ1) is 25.3. The lowest BCUT2D eigenvalue weighted by Gasteiger charge is -2.13. The second-order valence-electron chi connectivity index (χ2n) is 9.11. The molecule has 0 saturated carbocycles. The van der Waals surface area contributed by atoms with Crippen LogP contribution in [0.25, 0.3) is 22.6 Å². The smallest absolute Gasteiger partial charge is 0.278 e. The number of carbonyl (C=O) groups is 1. The van der Waals surface area contributed by atoms with Crippen molar-refractivity contribution in [2.24, 2.45) is 0 Å². The number of carbonyl (C=O) groups excluding carboxylic acids is 1. The van der Waals surface area contributed by atoms with Gasteiger partial charge in [0.1, 0.15) is 13.7 Å². The molecule has 3 aromatic heterocycles. The van der Waals surface area contributed by atoms with Gasteiger partial charge < -0.3 is 10.6 Å². The normalized spacial score (nSPS) is 11.1. The van der Waals surface area contributed by atoms with Gasteiger partial charge in [0.2, 0.25) is 0 Å². The van der Waals surface area contributed by atoms with Crippen LogP contribution in [0.1, 0.15) is 21.7 Å². The van der Waals surface area contributed by atoms with Crippen molar-refractivity contribution in [2.45, 2.75) is 13.5 Å². The molecule has 6 rings (SSSR count). The van der Waals surface area contributed by atoms with Gasteiger partial charge in [0.25, 0.3) is 5.91 Å². The first-order valence-corrected chi connectivity index (χ1v) is 12.9. The molecule has 0 aliphatic heterocycles. The van der Waals surface area contributed by atoms with Crippen LogP contribution >= 0.6 is 11.6 Å². The van der Waals surface area contributed by atoms with E-state index in [0.717, 1.165) is 16.8 Å². The molecule has 3 aromatic carbocycles.